The Labute approximate surface area is 130 Å². The van der Waals surface area contributed by atoms with E-state index >= 15 is 0 Å². The van der Waals surface area contributed by atoms with Crippen molar-refractivity contribution in [1.29, 1.82) is 0 Å². The molecule has 2 heteroatoms. The summed E-state index contributed by atoms with van der Waals surface area (Å²) in [6, 6.07) is 18.8. The third-order valence-corrected chi connectivity index (χ3v) is 4.23. The number of nitrogens with zero attached hydrogens (tertiary/aromatic N) is 2. The van der Waals surface area contributed by atoms with Crippen LogP contribution < -0.4 is 0 Å². The minimum absolute atomic E-state index is 1.02. The molecular formula is C20H18N2. The molecule has 2 nitrogen and oxygen atoms in total. The maximum atomic E-state index is 4.89. The van der Waals surface area contributed by atoms with E-state index in [2.05, 4.69) is 66.1 Å². The topological polar surface area (TPSA) is 17.8 Å². The number of para-hydroxylation sites is 2. The second kappa shape index (κ2) is 5.30. The number of hydrogen-bond acceptors (Lipinski definition) is 1. The first-order valence-electron chi connectivity index (χ1n) is 7.74. The van der Waals surface area contributed by atoms with Gasteiger partial charge in [-0.15, -0.1) is 0 Å². The van der Waals surface area contributed by atoms with E-state index in [1.165, 1.54) is 16.8 Å². The second-order valence-electron chi connectivity index (χ2n) is 5.73. The van der Waals surface area contributed by atoms with Gasteiger partial charge < -0.3 is 0 Å². The highest BCUT2D eigenvalue weighted by atomic mass is 15.1. The van der Waals surface area contributed by atoms with Gasteiger partial charge in [-0.05, 0) is 43.5 Å². The van der Waals surface area contributed by atoms with Crippen molar-refractivity contribution >= 4 is 16.7 Å². The maximum Gasteiger partial charge on any atom is 0.145 e. The molecule has 1 aromatic heterocycles. The molecule has 0 amide bonds. The van der Waals surface area contributed by atoms with Crippen LogP contribution in [0.25, 0.3) is 28.1 Å². The van der Waals surface area contributed by atoms with Crippen LogP contribution in [0.3, 0.4) is 0 Å². The highest BCUT2D eigenvalue weighted by molar-refractivity contribution is 5.87. The fraction of sp³-hybridized carbons (Fsp3) is 0.150. The highest BCUT2D eigenvalue weighted by Crippen LogP contribution is 2.32. The van der Waals surface area contributed by atoms with Gasteiger partial charge >= 0.3 is 0 Å². The number of rotatable bonds is 2. The van der Waals surface area contributed by atoms with Crippen molar-refractivity contribution in [3.8, 4) is 11.4 Å². The molecular weight excluding hydrogens is 268 g/mol. The lowest BCUT2D eigenvalue weighted by atomic mass is 10.0. The summed E-state index contributed by atoms with van der Waals surface area (Å²) >= 11 is 0. The van der Waals surface area contributed by atoms with Crippen LogP contribution in [0.1, 0.15) is 19.8 Å². The van der Waals surface area contributed by atoms with Gasteiger partial charge in [0.1, 0.15) is 5.82 Å². The van der Waals surface area contributed by atoms with Gasteiger partial charge in [-0.25, -0.2) is 4.98 Å². The molecule has 0 N–H and O–H groups in total. The molecule has 0 atom stereocenters. The van der Waals surface area contributed by atoms with Gasteiger partial charge in [-0.2, -0.15) is 0 Å². The Bertz CT molecular complexity index is 882. The molecule has 0 aliphatic heterocycles. The molecule has 22 heavy (non-hydrogen) atoms. The Hall–Kier alpha value is -2.61. The fourth-order valence-corrected chi connectivity index (χ4v) is 3.08. The van der Waals surface area contributed by atoms with Crippen LogP contribution in [0.15, 0.2) is 72.3 Å². The van der Waals surface area contributed by atoms with Crippen LogP contribution >= 0.6 is 0 Å². The minimum atomic E-state index is 1.02. The number of benzene rings is 2. The molecule has 1 heterocycles. The van der Waals surface area contributed by atoms with E-state index in [1.807, 2.05) is 12.1 Å². The number of aromatic nitrogens is 2. The molecule has 4 rings (SSSR count). The zero-order valence-electron chi connectivity index (χ0n) is 12.7. The van der Waals surface area contributed by atoms with Gasteiger partial charge in [0.25, 0.3) is 0 Å². The quantitative estimate of drug-likeness (QED) is 0.626. The summed E-state index contributed by atoms with van der Waals surface area (Å²) in [5, 5.41) is 0. The van der Waals surface area contributed by atoms with E-state index in [9.17, 15) is 0 Å². The number of allylic oxidation sites excluding steroid dienone is 4. The highest BCUT2D eigenvalue weighted by Gasteiger charge is 2.16. The van der Waals surface area contributed by atoms with E-state index in [4.69, 9.17) is 4.98 Å². The normalized spacial score (nSPS) is 14.8. The standard InChI is InChI=1S/C20H18N2/c1-15-9-5-7-13-18(15)22-19-14-8-6-12-17(19)21-20(22)16-10-3-2-4-11-16/h2-4,6-8,10-14H,5,9H2,1H3. The van der Waals surface area contributed by atoms with E-state index in [0.717, 1.165) is 29.7 Å². The van der Waals surface area contributed by atoms with Gasteiger partial charge in [-0.1, -0.05) is 48.5 Å². The van der Waals surface area contributed by atoms with E-state index in [-0.39, 0.29) is 0 Å². The molecule has 1 aliphatic rings. The van der Waals surface area contributed by atoms with Crippen molar-refractivity contribution in [3.63, 3.8) is 0 Å². The predicted molar refractivity (Wildman–Crippen MR) is 92.4 cm³/mol. The molecule has 0 fully saturated rings. The first-order chi connectivity index (χ1) is 10.8. The molecule has 0 bridgehead atoms. The monoisotopic (exact) mass is 286 g/mol. The summed E-state index contributed by atoms with van der Waals surface area (Å²) in [4.78, 5) is 4.89. The maximum absolute atomic E-state index is 4.89. The molecule has 0 radical (unpaired) electrons. The van der Waals surface area contributed by atoms with Crippen LogP contribution in [0.4, 0.5) is 0 Å². The molecule has 2 aromatic carbocycles. The van der Waals surface area contributed by atoms with Gasteiger partial charge in [-0.3, -0.25) is 4.57 Å². The zero-order valence-corrected chi connectivity index (χ0v) is 12.7. The number of imidazole rings is 1. The SMILES string of the molecule is CC1=C(n2c(-c3ccccc3)nc3ccccc32)C=CCC1. The Kier molecular flexibility index (Phi) is 3.15. The summed E-state index contributed by atoms with van der Waals surface area (Å²) in [5.41, 5.74) is 6.04. The van der Waals surface area contributed by atoms with Crippen LogP contribution in [0, 0.1) is 0 Å². The van der Waals surface area contributed by atoms with Crippen molar-refractivity contribution in [1.82, 2.24) is 9.55 Å². The molecule has 1 aliphatic carbocycles. The summed E-state index contributed by atoms with van der Waals surface area (Å²) < 4.78 is 2.30. The van der Waals surface area contributed by atoms with E-state index < -0.39 is 0 Å². The lowest BCUT2D eigenvalue weighted by Crippen LogP contribution is -2.03. The first kappa shape index (κ1) is 13.1. The van der Waals surface area contributed by atoms with E-state index in [0.29, 0.717) is 0 Å². The average Bonchev–Trinajstić information content (AvgIpc) is 2.95. The molecule has 0 saturated heterocycles. The van der Waals surface area contributed by atoms with Gasteiger partial charge in [0.15, 0.2) is 0 Å². The average molecular weight is 286 g/mol. The number of hydrogen-bond donors (Lipinski definition) is 0. The summed E-state index contributed by atoms with van der Waals surface area (Å²) in [6.07, 6.45) is 6.74. The van der Waals surface area contributed by atoms with Crippen LogP contribution in [0.5, 0.6) is 0 Å². The predicted octanol–water partition coefficient (Wildman–Crippen LogP) is 5.28. The zero-order chi connectivity index (χ0) is 14.9. The van der Waals surface area contributed by atoms with Crippen LogP contribution in [-0.4, -0.2) is 9.55 Å². The Morgan fingerprint density at radius 3 is 2.55 bits per heavy atom. The largest absolute Gasteiger partial charge is 0.292 e. The first-order valence-corrected chi connectivity index (χ1v) is 7.74. The molecule has 0 unspecified atom stereocenters. The van der Waals surface area contributed by atoms with Crippen molar-refractivity contribution < 1.29 is 0 Å². The van der Waals surface area contributed by atoms with Gasteiger partial charge in [0, 0.05) is 11.3 Å². The number of fused-ring (bicyclic) bond motifs is 1. The third-order valence-electron chi connectivity index (χ3n) is 4.23. The van der Waals surface area contributed by atoms with Crippen molar-refractivity contribution in [3.05, 3.63) is 72.3 Å². The minimum Gasteiger partial charge on any atom is -0.292 e. The lowest BCUT2D eigenvalue weighted by molar-refractivity contribution is 0.941. The summed E-state index contributed by atoms with van der Waals surface area (Å²) in [5.74, 6) is 1.02. The Morgan fingerprint density at radius 2 is 1.73 bits per heavy atom. The summed E-state index contributed by atoms with van der Waals surface area (Å²) in [7, 11) is 0. The van der Waals surface area contributed by atoms with E-state index in [1.54, 1.807) is 0 Å². The van der Waals surface area contributed by atoms with Gasteiger partial charge in [0.2, 0.25) is 0 Å². The molecule has 0 spiro atoms. The molecule has 108 valence electrons. The summed E-state index contributed by atoms with van der Waals surface area (Å²) in [6.45, 7) is 2.22. The van der Waals surface area contributed by atoms with Crippen molar-refractivity contribution in [2.45, 2.75) is 19.8 Å². The fourth-order valence-electron chi connectivity index (χ4n) is 3.08. The van der Waals surface area contributed by atoms with Crippen LogP contribution in [0.2, 0.25) is 0 Å². The van der Waals surface area contributed by atoms with Crippen molar-refractivity contribution in [2.24, 2.45) is 0 Å². The van der Waals surface area contributed by atoms with Crippen LogP contribution in [-0.2, 0) is 0 Å². The second-order valence-corrected chi connectivity index (χ2v) is 5.73. The molecule has 0 saturated carbocycles. The Balaban J connectivity index is 2.05. The third kappa shape index (κ3) is 2.08. The van der Waals surface area contributed by atoms with Crippen molar-refractivity contribution in [2.75, 3.05) is 0 Å². The van der Waals surface area contributed by atoms with Gasteiger partial charge in [0.05, 0.1) is 11.0 Å². The smallest absolute Gasteiger partial charge is 0.145 e. The lowest BCUT2D eigenvalue weighted by Gasteiger charge is -2.17. The molecule has 3 aromatic rings. The Morgan fingerprint density at radius 1 is 0.955 bits per heavy atom.